The maximum atomic E-state index is 4.35. The molecule has 2 rings (SSSR count). The Labute approximate surface area is 108 Å². The Balaban J connectivity index is 2.00. The summed E-state index contributed by atoms with van der Waals surface area (Å²) in [5, 5.41) is 0. The van der Waals surface area contributed by atoms with Gasteiger partial charge in [0.2, 0.25) is 0 Å². The van der Waals surface area contributed by atoms with Crippen molar-refractivity contribution in [3.8, 4) is 11.8 Å². The van der Waals surface area contributed by atoms with Crippen molar-refractivity contribution in [2.24, 2.45) is 0 Å². The third-order valence-corrected chi connectivity index (χ3v) is 3.10. The van der Waals surface area contributed by atoms with Crippen LogP contribution in [0.2, 0.25) is 0 Å². The monoisotopic (exact) mass is 241 g/mol. The second-order valence-electron chi connectivity index (χ2n) is 4.18. The highest BCUT2D eigenvalue weighted by atomic mass is 15.1. The van der Waals surface area contributed by atoms with Crippen molar-refractivity contribution in [1.82, 2.24) is 14.5 Å². The largest absolute Gasteiger partial charge is 0.319 e. The van der Waals surface area contributed by atoms with Gasteiger partial charge in [-0.15, -0.1) is 0 Å². The molecule has 0 N–H and O–H groups in total. The summed E-state index contributed by atoms with van der Waals surface area (Å²) in [7, 11) is 0. The third kappa shape index (κ3) is 2.91. The summed E-state index contributed by atoms with van der Waals surface area (Å²) in [6.45, 7) is 7.99. The SMILES string of the molecule is CCN(CC)CC#CCn1cnc2ccccc21. The quantitative estimate of drug-likeness (QED) is 0.766. The summed E-state index contributed by atoms with van der Waals surface area (Å²) >= 11 is 0. The summed E-state index contributed by atoms with van der Waals surface area (Å²) < 4.78 is 2.09. The Bertz CT molecular complexity index is 556. The first-order chi connectivity index (χ1) is 8.85. The number of benzene rings is 1. The van der Waals surface area contributed by atoms with E-state index < -0.39 is 0 Å². The lowest BCUT2D eigenvalue weighted by Crippen LogP contribution is -2.22. The number of para-hydroxylation sites is 2. The molecule has 94 valence electrons. The summed E-state index contributed by atoms with van der Waals surface area (Å²) in [5.41, 5.74) is 2.18. The number of rotatable bonds is 4. The lowest BCUT2D eigenvalue weighted by molar-refractivity contribution is 0.342. The minimum absolute atomic E-state index is 0.710. The van der Waals surface area contributed by atoms with Crippen LogP contribution in [-0.2, 0) is 6.54 Å². The first-order valence-electron chi connectivity index (χ1n) is 6.43. The number of fused-ring (bicyclic) bond motifs is 1. The molecule has 1 aromatic carbocycles. The zero-order valence-corrected chi connectivity index (χ0v) is 11.1. The van der Waals surface area contributed by atoms with Crippen molar-refractivity contribution in [2.75, 3.05) is 19.6 Å². The predicted octanol–water partition coefficient (Wildman–Crippen LogP) is 2.38. The predicted molar refractivity (Wildman–Crippen MR) is 75.3 cm³/mol. The molecule has 3 nitrogen and oxygen atoms in total. The number of hydrogen-bond acceptors (Lipinski definition) is 2. The van der Waals surface area contributed by atoms with Gasteiger partial charge in [-0.25, -0.2) is 4.98 Å². The van der Waals surface area contributed by atoms with Gasteiger partial charge in [0.25, 0.3) is 0 Å². The molecule has 0 saturated heterocycles. The van der Waals surface area contributed by atoms with Gasteiger partial charge in [-0.2, -0.15) is 0 Å². The summed E-state index contributed by atoms with van der Waals surface area (Å²) in [5.74, 6) is 6.43. The summed E-state index contributed by atoms with van der Waals surface area (Å²) in [6.07, 6.45) is 1.86. The van der Waals surface area contributed by atoms with E-state index in [1.807, 2.05) is 24.5 Å². The van der Waals surface area contributed by atoms with Crippen molar-refractivity contribution in [1.29, 1.82) is 0 Å². The van der Waals surface area contributed by atoms with Gasteiger partial charge in [-0.1, -0.05) is 37.8 Å². The number of imidazole rings is 1. The molecule has 3 heteroatoms. The van der Waals surface area contributed by atoms with Gasteiger partial charge in [0, 0.05) is 0 Å². The molecule has 0 unspecified atom stereocenters. The number of hydrogen-bond donors (Lipinski definition) is 0. The molecular weight excluding hydrogens is 222 g/mol. The van der Waals surface area contributed by atoms with Gasteiger partial charge < -0.3 is 4.57 Å². The lowest BCUT2D eigenvalue weighted by atomic mass is 10.3. The highest BCUT2D eigenvalue weighted by Crippen LogP contribution is 2.10. The van der Waals surface area contributed by atoms with Gasteiger partial charge in [0.1, 0.15) is 0 Å². The van der Waals surface area contributed by atoms with Crippen molar-refractivity contribution in [3.05, 3.63) is 30.6 Å². The molecule has 0 aliphatic heterocycles. The Kier molecular flexibility index (Phi) is 4.38. The van der Waals surface area contributed by atoms with E-state index in [4.69, 9.17) is 0 Å². The maximum absolute atomic E-state index is 4.35. The molecule has 0 bridgehead atoms. The molecule has 1 heterocycles. The highest BCUT2D eigenvalue weighted by molar-refractivity contribution is 5.74. The summed E-state index contributed by atoms with van der Waals surface area (Å²) in [4.78, 5) is 6.65. The zero-order valence-electron chi connectivity index (χ0n) is 11.1. The topological polar surface area (TPSA) is 21.1 Å². The molecule has 0 atom stereocenters. The van der Waals surface area contributed by atoms with E-state index in [1.165, 1.54) is 0 Å². The van der Waals surface area contributed by atoms with E-state index >= 15 is 0 Å². The standard InChI is InChI=1S/C15H19N3/c1-3-17(4-2)11-7-8-12-18-13-16-14-9-5-6-10-15(14)18/h5-6,9-10,13H,3-4,11-12H2,1-2H3. The average Bonchev–Trinajstić information content (AvgIpc) is 2.82. The van der Waals surface area contributed by atoms with E-state index in [1.54, 1.807) is 0 Å². The van der Waals surface area contributed by atoms with E-state index in [0.717, 1.165) is 30.7 Å². The second-order valence-corrected chi connectivity index (χ2v) is 4.18. The fourth-order valence-electron chi connectivity index (χ4n) is 1.89. The van der Waals surface area contributed by atoms with Gasteiger partial charge in [0.05, 0.1) is 30.5 Å². The van der Waals surface area contributed by atoms with Crippen LogP contribution in [0.3, 0.4) is 0 Å². The Morgan fingerprint density at radius 3 is 2.72 bits per heavy atom. The van der Waals surface area contributed by atoms with E-state index in [9.17, 15) is 0 Å². The minimum atomic E-state index is 0.710. The Morgan fingerprint density at radius 1 is 1.17 bits per heavy atom. The normalized spacial score (nSPS) is 10.6. The second kappa shape index (κ2) is 6.23. The van der Waals surface area contributed by atoms with E-state index in [0.29, 0.717) is 6.54 Å². The van der Waals surface area contributed by atoms with Crippen LogP contribution in [0.1, 0.15) is 13.8 Å². The van der Waals surface area contributed by atoms with Crippen molar-refractivity contribution < 1.29 is 0 Å². The average molecular weight is 241 g/mol. The Hall–Kier alpha value is -1.79. The molecule has 0 saturated carbocycles. The van der Waals surface area contributed by atoms with Gasteiger partial charge in [0.15, 0.2) is 0 Å². The molecule has 2 aromatic rings. The van der Waals surface area contributed by atoms with Crippen LogP contribution >= 0.6 is 0 Å². The first kappa shape index (κ1) is 12.7. The van der Waals surface area contributed by atoms with Crippen LogP contribution < -0.4 is 0 Å². The summed E-state index contributed by atoms with van der Waals surface area (Å²) in [6, 6.07) is 8.14. The molecule has 0 fully saturated rings. The van der Waals surface area contributed by atoms with Crippen LogP contribution in [-0.4, -0.2) is 34.1 Å². The third-order valence-electron chi connectivity index (χ3n) is 3.10. The van der Waals surface area contributed by atoms with Gasteiger partial charge in [-0.05, 0) is 25.2 Å². The molecular formula is C15H19N3. The fourth-order valence-corrected chi connectivity index (χ4v) is 1.89. The van der Waals surface area contributed by atoms with Gasteiger partial charge in [-0.3, -0.25) is 4.90 Å². The van der Waals surface area contributed by atoms with E-state index in [-0.39, 0.29) is 0 Å². The van der Waals surface area contributed by atoms with Crippen LogP contribution in [0.25, 0.3) is 11.0 Å². The molecule has 1 aromatic heterocycles. The van der Waals surface area contributed by atoms with Crippen molar-refractivity contribution >= 4 is 11.0 Å². The molecule has 0 spiro atoms. The molecule has 0 aliphatic rings. The van der Waals surface area contributed by atoms with Gasteiger partial charge >= 0.3 is 0 Å². The molecule has 18 heavy (non-hydrogen) atoms. The zero-order chi connectivity index (χ0) is 12.8. The highest BCUT2D eigenvalue weighted by Gasteiger charge is 1.98. The minimum Gasteiger partial charge on any atom is -0.319 e. The number of aromatic nitrogens is 2. The fraction of sp³-hybridized carbons (Fsp3) is 0.400. The van der Waals surface area contributed by atoms with Crippen LogP contribution in [0, 0.1) is 11.8 Å². The molecule has 0 radical (unpaired) electrons. The Morgan fingerprint density at radius 2 is 1.94 bits per heavy atom. The lowest BCUT2D eigenvalue weighted by Gasteiger charge is -2.13. The smallest absolute Gasteiger partial charge is 0.0966 e. The molecule has 0 amide bonds. The van der Waals surface area contributed by atoms with Crippen molar-refractivity contribution in [2.45, 2.75) is 20.4 Å². The van der Waals surface area contributed by atoms with Crippen LogP contribution in [0.4, 0.5) is 0 Å². The first-order valence-corrected chi connectivity index (χ1v) is 6.43. The molecule has 0 aliphatic carbocycles. The van der Waals surface area contributed by atoms with Crippen LogP contribution in [0.5, 0.6) is 0 Å². The van der Waals surface area contributed by atoms with Crippen LogP contribution in [0.15, 0.2) is 30.6 Å². The maximum Gasteiger partial charge on any atom is 0.0966 e. The van der Waals surface area contributed by atoms with Crippen molar-refractivity contribution in [3.63, 3.8) is 0 Å². The van der Waals surface area contributed by atoms with E-state index in [2.05, 4.69) is 46.2 Å². The number of nitrogens with zero attached hydrogens (tertiary/aromatic N) is 3.